The molecule has 0 aliphatic heterocycles. The second-order valence-electron chi connectivity index (χ2n) is 4.76. The van der Waals surface area contributed by atoms with Crippen molar-refractivity contribution >= 4 is 23.0 Å². The summed E-state index contributed by atoms with van der Waals surface area (Å²) in [7, 11) is 0. The number of hydrogen-bond acceptors (Lipinski definition) is 3. The second-order valence-corrected chi connectivity index (χ2v) is 5.90. The number of nitrogens with one attached hydrogen (secondary N) is 1. The molecule has 0 aromatic carbocycles. The van der Waals surface area contributed by atoms with Crippen LogP contribution in [-0.2, 0) is 12.8 Å². The Bertz CT molecular complexity index is 439. The van der Waals surface area contributed by atoms with Crippen LogP contribution in [0.3, 0.4) is 0 Å². The van der Waals surface area contributed by atoms with Gasteiger partial charge in [0.2, 0.25) is 0 Å². The monoisotopic (exact) mass is 264 g/mol. The summed E-state index contributed by atoms with van der Waals surface area (Å²) in [6, 6.07) is 2.05. The first-order valence-electron chi connectivity index (χ1n) is 6.65. The van der Waals surface area contributed by atoms with Gasteiger partial charge in [0.15, 0.2) is 0 Å². The number of carbonyl (C=O) groups is 1. The van der Waals surface area contributed by atoms with Gasteiger partial charge in [0.05, 0.1) is 4.88 Å². The molecule has 1 N–H and O–H groups in total. The summed E-state index contributed by atoms with van der Waals surface area (Å²) < 4.78 is 0. The summed E-state index contributed by atoms with van der Waals surface area (Å²) in [5, 5.41) is 4.07. The Hall–Kier alpha value is -1.16. The molecule has 0 unspecified atom stereocenters. The standard InChI is InChI=1S/C14H20N2OS/c1-3-10(2)15-16-14(17)13-9-11-7-5-4-6-8-12(11)18-13/h9H,3-8H2,1-2H3,(H,16,17)/b15-10-. The van der Waals surface area contributed by atoms with Gasteiger partial charge in [-0.2, -0.15) is 5.10 Å². The molecule has 1 aliphatic rings. The van der Waals surface area contributed by atoms with Gasteiger partial charge >= 0.3 is 0 Å². The summed E-state index contributed by atoms with van der Waals surface area (Å²) in [5.74, 6) is -0.0686. The van der Waals surface area contributed by atoms with Crippen LogP contribution in [0.1, 0.15) is 59.6 Å². The molecule has 0 fully saturated rings. The van der Waals surface area contributed by atoms with E-state index in [1.54, 1.807) is 11.3 Å². The first-order chi connectivity index (χ1) is 8.70. The van der Waals surface area contributed by atoms with Crippen LogP contribution in [0.25, 0.3) is 0 Å². The normalized spacial score (nSPS) is 16.0. The number of hydrogen-bond donors (Lipinski definition) is 1. The van der Waals surface area contributed by atoms with Crippen LogP contribution < -0.4 is 5.43 Å². The SMILES string of the molecule is CC/C(C)=N\NC(=O)c1cc2c(s1)CCCCC2. The van der Waals surface area contributed by atoms with Gasteiger partial charge < -0.3 is 0 Å². The number of amides is 1. The number of fused-ring (bicyclic) bond motifs is 1. The Morgan fingerprint density at radius 2 is 2.17 bits per heavy atom. The molecule has 1 aromatic rings. The van der Waals surface area contributed by atoms with Gasteiger partial charge in [0.1, 0.15) is 0 Å². The lowest BCUT2D eigenvalue weighted by molar-refractivity contribution is 0.0958. The Morgan fingerprint density at radius 1 is 1.39 bits per heavy atom. The van der Waals surface area contributed by atoms with Crippen molar-refractivity contribution in [2.75, 3.05) is 0 Å². The van der Waals surface area contributed by atoms with E-state index in [1.807, 2.05) is 13.8 Å². The molecule has 1 amide bonds. The van der Waals surface area contributed by atoms with Crippen molar-refractivity contribution in [1.29, 1.82) is 0 Å². The quantitative estimate of drug-likeness (QED) is 0.506. The van der Waals surface area contributed by atoms with E-state index in [2.05, 4.69) is 16.6 Å². The molecule has 0 radical (unpaired) electrons. The molecule has 1 aliphatic carbocycles. The minimum Gasteiger partial charge on any atom is -0.266 e. The first kappa shape index (κ1) is 13.3. The lowest BCUT2D eigenvalue weighted by Gasteiger charge is -1.98. The number of hydrazone groups is 1. The van der Waals surface area contributed by atoms with Crippen LogP contribution in [-0.4, -0.2) is 11.6 Å². The average Bonchev–Trinajstić information content (AvgIpc) is 2.67. The van der Waals surface area contributed by atoms with E-state index in [4.69, 9.17) is 0 Å². The number of thiophene rings is 1. The highest BCUT2D eigenvalue weighted by Gasteiger charge is 2.16. The van der Waals surface area contributed by atoms with Gasteiger partial charge in [-0.25, -0.2) is 5.43 Å². The summed E-state index contributed by atoms with van der Waals surface area (Å²) in [6.45, 7) is 3.95. The van der Waals surface area contributed by atoms with Gasteiger partial charge in [-0.05, 0) is 50.7 Å². The Kier molecular flexibility index (Phi) is 4.53. The van der Waals surface area contributed by atoms with E-state index in [-0.39, 0.29) is 5.91 Å². The van der Waals surface area contributed by atoms with Crippen molar-refractivity contribution in [2.24, 2.45) is 5.10 Å². The zero-order valence-corrected chi connectivity index (χ0v) is 11.9. The Labute approximate surface area is 112 Å². The molecule has 0 bridgehead atoms. The van der Waals surface area contributed by atoms with E-state index < -0.39 is 0 Å². The molecule has 1 aromatic heterocycles. The zero-order chi connectivity index (χ0) is 13.0. The number of rotatable bonds is 3. The number of nitrogens with zero attached hydrogens (tertiary/aromatic N) is 1. The molecular formula is C14H20N2OS. The minimum atomic E-state index is -0.0686. The molecule has 0 saturated carbocycles. The van der Waals surface area contributed by atoms with Crippen molar-refractivity contribution in [1.82, 2.24) is 5.43 Å². The second kappa shape index (κ2) is 6.14. The Balaban J connectivity index is 2.07. The fraction of sp³-hybridized carbons (Fsp3) is 0.571. The van der Waals surface area contributed by atoms with Crippen LogP contribution in [0.5, 0.6) is 0 Å². The van der Waals surface area contributed by atoms with Gasteiger partial charge in [-0.3, -0.25) is 4.79 Å². The lowest BCUT2D eigenvalue weighted by atomic mass is 10.1. The van der Waals surface area contributed by atoms with Gasteiger partial charge in [-0.1, -0.05) is 13.3 Å². The van der Waals surface area contributed by atoms with E-state index in [9.17, 15) is 4.79 Å². The number of aryl methyl sites for hydroxylation is 2. The maximum Gasteiger partial charge on any atom is 0.281 e. The zero-order valence-electron chi connectivity index (χ0n) is 11.1. The molecular weight excluding hydrogens is 244 g/mol. The summed E-state index contributed by atoms with van der Waals surface area (Å²) in [4.78, 5) is 14.2. The van der Waals surface area contributed by atoms with Gasteiger partial charge in [0.25, 0.3) is 5.91 Å². The molecule has 1 heterocycles. The highest BCUT2D eigenvalue weighted by molar-refractivity contribution is 7.14. The molecule has 2 rings (SSSR count). The Morgan fingerprint density at radius 3 is 2.94 bits per heavy atom. The van der Waals surface area contributed by atoms with Crippen LogP contribution in [0.2, 0.25) is 0 Å². The predicted octanol–water partition coefficient (Wildman–Crippen LogP) is 3.53. The maximum absolute atomic E-state index is 12.0. The largest absolute Gasteiger partial charge is 0.281 e. The third-order valence-corrected chi connectivity index (χ3v) is 4.57. The fourth-order valence-corrected chi connectivity index (χ4v) is 3.20. The molecule has 3 nitrogen and oxygen atoms in total. The third kappa shape index (κ3) is 3.19. The van der Waals surface area contributed by atoms with Crippen molar-refractivity contribution in [3.05, 3.63) is 21.4 Å². The summed E-state index contributed by atoms with van der Waals surface area (Å²) >= 11 is 1.63. The van der Waals surface area contributed by atoms with Crippen LogP contribution in [0, 0.1) is 0 Å². The smallest absolute Gasteiger partial charge is 0.266 e. The first-order valence-corrected chi connectivity index (χ1v) is 7.47. The molecule has 0 saturated heterocycles. The van der Waals surface area contributed by atoms with E-state index in [0.717, 1.165) is 29.9 Å². The van der Waals surface area contributed by atoms with Crippen molar-refractivity contribution in [2.45, 2.75) is 52.4 Å². The topological polar surface area (TPSA) is 41.5 Å². The molecule has 18 heavy (non-hydrogen) atoms. The van der Waals surface area contributed by atoms with Crippen LogP contribution in [0.4, 0.5) is 0 Å². The van der Waals surface area contributed by atoms with Crippen LogP contribution in [0.15, 0.2) is 11.2 Å². The third-order valence-electron chi connectivity index (χ3n) is 3.33. The van der Waals surface area contributed by atoms with Crippen molar-refractivity contribution < 1.29 is 4.79 Å². The molecule has 4 heteroatoms. The van der Waals surface area contributed by atoms with E-state index in [1.165, 1.54) is 29.7 Å². The summed E-state index contributed by atoms with van der Waals surface area (Å²) in [5.41, 5.74) is 4.95. The van der Waals surface area contributed by atoms with Crippen molar-refractivity contribution in [3.63, 3.8) is 0 Å². The average molecular weight is 264 g/mol. The van der Waals surface area contributed by atoms with Crippen molar-refractivity contribution in [3.8, 4) is 0 Å². The predicted molar refractivity (Wildman–Crippen MR) is 76.4 cm³/mol. The molecule has 0 spiro atoms. The highest BCUT2D eigenvalue weighted by atomic mass is 32.1. The van der Waals surface area contributed by atoms with E-state index in [0.29, 0.717) is 0 Å². The van der Waals surface area contributed by atoms with E-state index >= 15 is 0 Å². The van der Waals surface area contributed by atoms with Crippen LogP contribution >= 0.6 is 11.3 Å². The fourth-order valence-electron chi connectivity index (χ4n) is 2.06. The summed E-state index contributed by atoms with van der Waals surface area (Å²) in [6.07, 6.45) is 6.92. The minimum absolute atomic E-state index is 0.0686. The highest BCUT2D eigenvalue weighted by Crippen LogP contribution is 2.28. The lowest BCUT2D eigenvalue weighted by Crippen LogP contribution is -2.17. The molecule has 98 valence electrons. The van der Waals surface area contributed by atoms with Gasteiger partial charge in [0, 0.05) is 10.6 Å². The molecule has 0 atom stereocenters. The number of carbonyl (C=O) groups excluding carboxylic acids is 1. The maximum atomic E-state index is 12.0. The van der Waals surface area contributed by atoms with Gasteiger partial charge in [-0.15, -0.1) is 11.3 Å².